The SMILES string of the molecule is CCN(CC)CCN(C(=O)c1cc(C)ccc1C)c1nc2ccc(F)cc2s1. The van der Waals surface area contributed by atoms with Crippen LogP contribution in [0.3, 0.4) is 0 Å². The van der Waals surface area contributed by atoms with Crippen molar-refractivity contribution in [1.82, 2.24) is 9.88 Å². The molecule has 2 aromatic carbocycles. The van der Waals surface area contributed by atoms with Crippen LogP contribution in [0, 0.1) is 19.7 Å². The summed E-state index contributed by atoms with van der Waals surface area (Å²) in [6.45, 7) is 11.3. The number of likely N-dealkylation sites (N-methyl/N-ethyl adjacent to an activating group) is 1. The molecule has 0 fully saturated rings. The zero-order valence-electron chi connectivity index (χ0n) is 16.8. The van der Waals surface area contributed by atoms with E-state index in [-0.39, 0.29) is 11.7 Å². The molecule has 0 aliphatic heterocycles. The van der Waals surface area contributed by atoms with E-state index in [4.69, 9.17) is 0 Å². The van der Waals surface area contributed by atoms with Crippen molar-refractivity contribution < 1.29 is 9.18 Å². The fourth-order valence-corrected chi connectivity index (χ4v) is 4.19. The highest BCUT2D eigenvalue weighted by Gasteiger charge is 2.23. The minimum Gasteiger partial charge on any atom is -0.302 e. The quantitative estimate of drug-likeness (QED) is 0.558. The van der Waals surface area contributed by atoms with Gasteiger partial charge in [0.2, 0.25) is 0 Å². The highest BCUT2D eigenvalue weighted by molar-refractivity contribution is 7.22. The Morgan fingerprint density at radius 1 is 1.07 bits per heavy atom. The van der Waals surface area contributed by atoms with E-state index >= 15 is 0 Å². The van der Waals surface area contributed by atoms with Gasteiger partial charge in [-0.05, 0) is 56.8 Å². The summed E-state index contributed by atoms with van der Waals surface area (Å²) in [4.78, 5) is 22.1. The first kappa shape index (κ1) is 20.4. The summed E-state index contributed by atoms with van der Waals surface area (Å²) in [5.74, 6) is -0.355. The molecule has 0 saturated heterocycles. The van der Waals surface area contributed by atoms with Gasteiger partial charge in [-0.1, -0.05) is 42.9 Å². The lowest BCUT2D eigenvalue weighted by molar-refractivity contribution is 0.0983. The molecule has 0 N–H and O–H groups in total. The second-order valence-corrected chi connectivity index (χ2v) is 7.92. The molecule has 0 bridgehead atoms. The first-order valence-electron chi connectivity index (χ1n) is 9.60. The van der Waals surface area contributed by atoms with Gasteiger partial charge in [0.15, 0.2) is 5.13 Å². The number of benzene rings is 2. The predicted octanol–water partition coefficient (Wildman–Crippen LogP) is 5.04. The summed E-state index contributed by atoms with van der Waals surface area (Å²) in [6.07, 6.45) is 0. The third kappa shape index (κ3) is 4.39. The van der Waals surface area contributed by atoms with Gasteiger partial charge in [0.05, 0.1) is 10.2 Å². The van der Waals surface area contributed by atoms with Crippen molar-refractivity contribution in [2.75, 3.05) is 31.1 Å². The van der Waals surface area contributed by atoms with E-state index in [1.165, 1.54) is 23.5 Å². The van der Waals surface area contributed by atoms with Crippen LogP contribution in [0.4, 0.5) is 9.52 Å². The second-order valence-electron chi connectivity index (χ2n) is 6.91. The number of hydrogen-bond acceptors (Lipinski definition) is 4. The normalized spacial score (nSPS) is 11.4. The van der Waals surface area contributed by atoms with Crippen molar-refractivity contribution in [3.8, 4) is 0 Å². The van der Waals surface area contributed by atoms with Crippen LogP contribution < -0.4 is 4.90 Å². The van der Waals surface area contributed by atoms with Crippen molar-refractivity contribution >= 4 is 32.6 Å². The average Bonchev–Trinajstić information content (AvgIpc) is 3.09. The maximum Gasteiger partial charge on any atom is 0.260 e. The molecule has 6 heteroatoms. The maximum atomic E-state index is 13.6. The number of fused-ring (bicyclic) bond motifs is 1. The summed E-state index contributed by atoms with van der Waals surface area (Å²) in [7, 11) is 0. The molecule has 1 aromatic heterocycles. The number of aryl methyl sites for hydroxylation is 2. The zero-order chi connectivity index (χ0) is 20.3. The molecule has 3 rings (SSSR count). The van der Waals surface area contributed by atoms with Crippen molar-refractivity contribution in [3.05, 3.63) is 58.9 Å². The maximum absolute atomic E-state index is 13.6. The minimum absolute atomic E-state index is 0.0621. The zero-order valence-corrected chi connectivity index (χ0v) is 17.6. The van der Waals surface area contributed by atoms with Gasteiger partial charge in [0.1, 0.15) is 5.82 Å². The van der Waals surface area contributed by atoms with Crippen LogP contribution >= 0.6 is 11.3 Å². The number of hydrogen-bond donors (Lipinski definition) is 0. The monoisotopic (exact) mass is 399 g/mol. The van der Waals surface area contributed by atoms with Gasteiger partial charge in [-0.15, -0.1) is 0 Å². The fraction of sp³-hybridized carbons (Fsp3) is 0.364. The minimum atomic E-state index is -0.293. The smallest absolute Gasteiger partial charge is 0.260 e. The molecule has 0 aliphatic carbocycles. The van der Waals surface area contributed by atoms with Crippen LogP contribution in [0.1, 0.15) is 35.3 Å². The van der Waals surface area contributed by atoms with Gasteiger partial charge >= 0.3 is 0 Å². The Morgan fingerprint density at radius 2 is 1.82 bits per heavy atom. The number of carbonyl (C=O) groups excluding carboxylic acids is 1. The van der Waals surface area contributed by atoms with Gasteiger partial charge < -0.3 is 4.90 Å². The van der Waals surface area contributed by atoms with Crippen LogP contribution in [0.5, 0.6) is 0 Å². The number of nitrogens with zero attached hydrogens (tertiary/aromatic N) is 3. The standard InChI is InChI=1S/C22H26FN3OS/c1-5-25(6-2)11-12-26(21(27)18-13-15(3)7-8-16(18)4)22-24-19-10-9-17(23)14-20(19)28-22/h7-10,13-14H,5-6,11-12H2,1-4H3. The van der Waals surface area contributed by atoms with Gasteiger partial charge in [0.25, 0.3) is 5.91 Å². The first-order chi connectivity index (χ1) is 13.4. The highest BCUT2D eigenvalue weighted by Crippen LogP contribution is 2.30. The number of halogens is 1. The largest absolute Gasteiger partial charge is 0.302 e. The number of amides is 1. The van der Waals surface area contributed by atoms with E-state index in [1.54, 1.807) is 11.0 Å². The lowest BCUT2D eigenvalue weighted by Crippen LogP contribution is -2.39. The predicted molar refractivity (Wildman–Crippen MR) is 115 cm³/mol. The number of thiazole rings is 1. The molecule has 1 amide bonds. The third-order valence-corrected chi connectivity index (χ3v) is 6.01. The molecule has 28 heavy (non-hydrogen) atoms. The molecular formula is C22H26FN3OS. The summed E-state index contributed by atoms with van der Waals surface area (Å²) in [5, 5.41) is 0.610. The van der Waals surface area contributed by atoms with E-state index in [2.05, 4.69) is 23.7 Å². The van der Waals surface area contributed by atoms with Crippen molar-refractivity contribution in [1.29, 1.82) is 0 Å². The molecule has 0 atom stereocenters. The van der Waals surface area contributed by atoms with Gasteiger partial charge in [-0.3, -0.25) is 9.69 Å². The average molecular weight is 400 g/mol. The number of rotatable bonds is 7. The topological polar surface area (TPSA) is 36.4 Å². The van der Waals surface area contributed by atoms with Crippen molar-refractivity contribution in [2.45, 2.75) is 27.7 Å². The number of anilines is 1. The van der Waals surface area contributed by atoms with E-state index < -0.39 is 0 Å². The second kappa shape index (κ2) is 8.80. The summed E-state index contributed by atoms with van der Waals surface area (Å²) in [6, 6.07) is 10.4. The van der Waals surface area contributed by atoms with Crippen LogP contribution in [0.2, 0.25) is 0 Å². The van der Waals surface area contributed by atoms with Crippen LogP contribution in [-0.2, 0) is 0 Å². The number of aromatic nitrogens is 1. The Labute approximate surface area is 169 Å². The summed E-state index contributed by atoms with van der Waals surface area (Å²) in [5.41, 5.74) is 3.38. The highest BCUT2D eigenvalue weighted by atomic mass is 32.1. The van der Waals surface area contributed by atoms with E-state index in [1.807, 2.05) is 32.0 Å². The molecule has 0 unspecified atom stereocenters. The molecule has 0 saturated carbocycles. The molecular weight excluding hydrogens is 373 g/mol. The van der Waals surface area contributed by atoms with Crippen molar-refractivity contribution in [2.24, 2.45) is 0 Å². The van der Waals surface area contributed by atoms with E-state index in [0.29, 0.717) is 22.8 Å². The molecule has 0 spiro atoms. The van der Waals surface area contributed by atoms with Gasteiger partial charge in [0, 0.05) is 18.7 Å². The first-order valence-corrected chi connectivity index (χ1v) is 10.4. The van der Waals surface area contributed by atoms with Gasteiger partial charge in [-0.2, -0.15) is 0 Å². The molecule has 1 heterocycles. The Morgan fingerprint density at radius 3 is 2.54 bits per heavy atom. The molecule has 0 aliphatic rings. The van der Waals surface area contributed by atoms with E-state index in [0.717, 1.165) is 35.5 Å². The third-order valence-electron chi connectivity index (χ3n) is 4.97. The fourth-order valence-electron chi connectivity index (χ4n) is 3.18. The van der Waals surface area contributed by atoms with Crippen LogP contribution in [0.25, 0.3) is 10.2 Å². The van der Waals surface area contributed by atoms with Crippen molar-refractivity contribution in [3.63, 3.8) is 0 Å². The lowest BCUT2D eigenvalue weighted by Gasteiger charge is -2.25. The Balaban J connectivity index is 2.00. The molecule has 148 valence electrons. The Kier molecular flexibility index (Phi) is 6.42. The lowest BCUT2D eigenvalue weighted by atomic mass is 10.0. The molecule has 3 aromatic rings. The summed E-state index contributed by atoms with van der Waals surface area (Å²) < 4.78 is 14.4. The molecule has 4 nitrogen and oxygen atoms in total. The number of carbonyl (C=O) groups is 1. The Hall–Kier alpha value is -2.31. The van der Waals surface area contributed by atoms with Crippen LogP contribution in [0.15, 0.2) is 36.4 Å². The van der Waals surface area contributed by atoms with Gasteiger partial charge in [-0.25, -0.2) is 9.37 Å². The summed E-state index contributed by atoms with van der Waals surface area (Å²) >= 11 is 1.35. The van der Waals surface area contributed by atoms with E-state index in [9.17, 15) is 9.18 Å². The molecule has 0 radical (unpaired) electrons. The van der Waals surface area contributed by atoms with Crippen LogP contribution in [-0.4, -0.2) is 42.0 Å². The Bertz CT molecular complexity index is 981.